The normalized spacial score (nSPS) is 26.9. The van der Waals surface area contributed by atoms with Gasteiger partial charge in [0.05, 0.1) is 0 Å². The molecule has 2 atom stereocenters. The molecular formula is C13H20N2O. The van der Waals surface area contributed by atoms with E-state index in [2.05, 4.69) is 30.1 Å². The Morgan fingerprint density at radius 3 is 3.00 bits per heavy atom. The number of hydrogen-bond donors (Lipinski definition) is 2. The predicted octanol–water partition coefficient (Wildman–Crippen LogP) is 1.57. The molecule has 1 fully saturated rings. The summed E-state index contributed by atoms with van der Waals surface area (Å²) < 4.78 is 0. The Labute approximate surface area is 97.1 Å². The van der Waals surface area contributed by atoms with Crippen molar-refractivity contribution in [3.05, 3.63) is 29.8 Å². The summed E-state index contributed by atoms with van der Waals surface area (Å²) in [7, 11) is 0. The van der Waals surface area contributed by atoms with Crippen LogP contribution in [0.5, 0.6) is 5.75 Å². The van der Waals surface area contributed by atoms with Gasteiger partial charge in [-0.1, -0.05) is 12.1 Å². The molecule has 3 heteroatoms. The van der Waals surface area contributed by atoms with Crippen LogP contribution < -0.4 is 5.32 Å². The molecule has 1 heterocycles. The van der Waals surface area contributed by atoms with Gasteiger partial charge in [-0.3, -0.25) is 4.90 Å². The van der Waals surface area contributed by atoms with Gasteiger partial charge in [0.1, 0.15) is 5.75 Å². The molecule has 0 aliphatic carbocycles. The molecule has 2 N–H and O–H groups in total. The average Bonchev–Trinajstić information content (AvgIpc) is 2.24. The fraction of sp³-hybridized carbons (Fsp3) is 0.538. The molecule has 1 aliphatic heterocycles. The number of piperazine rings is 1. The second-order valence-electron chi connectivity index (χ2n) is 4.76. The van der Waals surface area contributed by atoms with Crippen molar-refractivity contribution in [1.82, 2.24) is 10.2 Å². The van der Waals surface area contributed by atoms with Crippen LogP contribution in [0.3, 0.4) is 0 Å². The highest BCUT2D eigenvalue weighted by atomic mass is 16.3. The average molecular weight is 220 g/mol. The third kappa shape index (κ3) is 2.74. The van der Waals surface area contributed by atoms with E-state index >= 15 is 0 Å². The van der Waals surface area contributed by atoms with Gasteiger partial charge in [0.25, 0.3) is 0 Å². The van der Waals surface area contributed by atoms with Gasteiger partial charge in [0.15, 0.2) is 0 Å². The van der Waals surface area contributed by atoms with Gasteiger partial charge in [-0.25, -0.2) is 0 Å². The lowest BCUT2D eigenvalue weighted by Gasteiger charge is -2.37. The number of phenols is 1. The van der Waals surface area contributed by atoms with E-state index in [1.54, 1.807) is 6.07 Å². The molecule has 0 amide bonds. The summed E-state index contributed by atoms with van der Waals surface area (Å²) in [6, 6.07) is 8.64. The van der Waals surface area contributed by atoms with Crippen LogP contribution in [0.1, 0.15) is 19.4 Å². The van der Waals surface area contributed by atoms with Gasteiger partial charge in [0, 0.05) is 31.7 Å². The lowest BCUT2D eigenvalue weighted by atomic mass is 10.1. The van der Waals surface area contributed by atoms with Crippen molar-refractivity contribution in [1.29, 1.82) is 0 Å². The van der Waals surface area contributed by atoms with Crippen LogP contribution >= 0.6 is 0 Å². The number of nitrogens with zero attached hydrogens (tertiary/aromatic N) is 1. The summed E-state index contributed by atoms with van der Waals surface area (Å²) in [5.74, 6) is 0.355. The minimum Gasteiger partial charge on any atom is -0.508 e. The lowest BCUT2D eigenvalue weighted by Crippen LogP contribution is -2.53. The molecule has 1 aromatic rings. The summed E-state index contributed by atoms with van der Waals surface area (Å²) in [5.41, 5.74) is 1.18. The van der Waals surface area contributed by atoms with Crippen LogP contribution in [0.25, 0.3) is 0 Å². The topological polar surface area (TPSA) is 35.5 Å². The molecule has 0 aromatic heterocycles. The maximum absolute atomic E-state index is 9.43. The Morgan fingerprint density at radius 2 is 2.25 bits per heavy atom. The molecule has 1 aliphatic rings. The first-order valence-electron chi connectivity index (χ1n) is 5.90. The van der Waals surface area contributed by atoms with E-state index in [0.29, 0.717) is 17.8 Å². The Hall–Kier alpha value is -1.06. The second-order valence-corrected chi connectivity index (χ2v) is 4.76. The van der Waals surface area contributed by atoms with Gasteiger partial charge in [-0.2, -0.15) is 0 Å². The number of phenolic OH excluding ortho intramolecular Hbond substituents is 1. The Balaban J connectivity index is 2.02. The first kappa shape index (κ1) is 11.4. The van der Waals surface area contributed by atoms with Crippen LogP contribution in [0, 0.1) is 0 Å². The molecule has 0 spiro atoms. The molecule has 2 unspecified atom stereocenters. The molecule has 0 radical (unpaired) electrons. The van der Waals surface area contributed by atoms with E-state index in [4.69, 9.17) is 0 Å². The van der Waals surface area contributed by atoms with Crippen molar-refractivity contribution < 1.29 is 5.11 Å². The van der Waals surface area contributed by atoms with Gasteiger partial charge >= 0.3 is 0 Å². The highest BCUT2D eigenvalue weighted by molar-refractivity contribution is 5.27. The SMILES string of the molecule is CC1CN(Cc2cccc(O)c2)C(C)CN1. The van der Waals surface area contributed by atoms with Crippen molar-refractivity contribution in [2.75, 3.05) is 13.1 Å². The fourth-order valence-electron chi connectivity index (χ4n) is 2.21. The Bertz CT molecular complexity index is 354. The third-order valence-electron chi connectivity index (χ3n) is 3.19. The smallest absolute Gasteiger partial charge is 0.115 e. The third-order valence-corrected chi connectivity index (χ3v) is 3.19. The van der Waals surface area contributed by atoms with Crippen molar-refractivity contribution in [2.45, 2.75) is 32.5 Å². The summed E-state index contributed by atoms with van der Waals surface area (Å²) in [5, 5.41) is 12.9. The summed E-state index contributed by atoms with van der Waals surface area (Å²) in [6.45, 7) is 7.47. The maximum Gasteiger partial charge on any atom is 0.115 e. The summed E-state index contributed by atoms with van der Waals surface area (Å²) >= 11 is 0. The quantitative estimate of drug-likeness (QED) is 0.794. The van der Waals surface area contributed by atoms with Crippen molar-refractivity contribution >= 4 is 0 Å². The van der Waals surface area contributed by atoms with Gasteiger partial charge in [-0.05, 0) is 31.5 Å². The van der Waals surface area contributed by atoms with E-state index in [1.807, 2.05) is 12.1 Å². The molecule has 16 heavy (non-hydrogen) atoms. The molecule has 2 rings (SSSR count). The monoisotopic (exact) mass is 220 g/mol. The van der Waals surface area contributed by atoms with Crippen molar-refractivity contribution in [2.24, 2.45) is 0 Å². The highest BCUT2D eigenvalue weighted by Crippen LogP contribution is 2.16. The Morgan fingerprint density at radius 1 is 1.44 bits per heavy atom. The molecular weight excluding hydrogens is 200 g/mol. The number of hydrogen-bond acceptors (Lipinski definition) is 3. The summed E-state index contributed by atoms with van der Waals surface area (Å²) in [6.07, 6.45) is 0. The highest BCUT2D eigenvalue weighted by Gasteiger charge is 2.21. The minimum absolute atomic E-state index is 0.355. The van der Waals surface area contributed by atoms with E-state index < -0.39 is 0 Å². The second kappa shape index (κ2) is 4.85. The first-order valence-corrected chi connectivity index (χ1v) is 5.90. The fourth-order valence-corrected chi connectivity index (χ4v) is 2.21. The lowest BCUT2D eigenvalue weighted by molar-refractivity contribution is 0.139. The van der Waals surface area contributed by atoms with Gasteiger partial charge < -0.3 is 10.4 Å². The van der Waals surface area contributed by atoms with Gasteiger partial charge in [-0.15, -0.1) is 0 Å². The Kier molecular flexibility index (Phi) is 3.46. The number of aromatic hydroxyl groups is 1. The zero-order chi connectivity index (χ0) is 11.5. The molecule has 3 nitrogen and oxygen atoms in total. The van der Waals surface area contributed by atoms with E-state index in [-0.39, 0.29) is 0 Å². The predicted molar refractivity (Wildman–Crippen MR) is 65.4 cm³/mol. The molecule has 88 valence electrons. The van der Waals surface area contributed by atoms with Gasteiger partial charge in [0.2, 0.25) is 0 Å². The van der Waals surface area contributed by atoms with Crippen LogP contribution in [-0.2, 0) is 6.54 Å². The van der Waals surface area contributed by atoms with E-state index in [0.717, 1.165) is 19.6 Å². The number of rotatable bonds is 2. The number of nitrogens with one attached hydrogen (secondary N) is 1. The van der Waals surface area contributed by atoms with E-state index in [9.17, 15) is 5.11 Å². The van der Waals surface area contributed by atoms with Crippen molar-refractivity contribution in [3.8, 4) is 5.75 Å². The van der Waals surface area contributed by atoms with Crippen molar-refractivity contribution in [3.63, 3.8) is 0 Å². The zero-order valence-corrected chi connectivity index (χ0v) is 9.98. The molecule has 0 bridgehead atoms. The minimum atomic E-state index is 0.355. The van der Waals surface area contributed by atoms with Crippen LogP contribution in [-0.4, -0.2) is 35.2 Å². The number of benzene rings is 1. The van der Waals surface area contributed by atoms with Crippen LogP contribution in [0.15, 0.2) is 24.3 Å². The maximum atomic E-state index is 9.43. The largest absolute Gasteiger partial charge is 0.508 e. The molecule has 0 saturated carbocycles. The van der Waals surface area contributed by atoms with Crippen LogP contribution in [0.2, 0.25) is 0 Å². The molecule has 1 saturated heterocycles. The standard InChI is InChI=1S/C13H20N2O/c1-10-8-15(11(2)7-14-10)9-12-4-3-5-13(16)6-12/h3-6,10-11,14,16H,7-9H2,1-2H3. The summed E-state index contributed by atoms with van der Waals surface area (Å²) in [4.78, 5) is 2.45. The van der Waals surface area contributed by atoms with Crippen LogP contribution in [0.4, 0.5) is 0 Å². The first-order chi connectivity index (χ1) is 7.65. The zero-order valence-electron chi connectivity index (χ0n) is 9.98. The van der Waals surface area contributed by atoms with E-state index in [1.165, 1.54) is 5.56 Å². The molecule has 1 aromatic carbocycles.